The molecule has 6 heteroatoms. The highest BCUT2D eigenvalue weighted by atomic mass is 16.4. The van der Waals surface area contributed by atoms with Gasteiger partial charge in [-0.2, -0.15) is 0 Å². The number of urea groups is 1. The van der Waals surface area contributed by atoms with Crippen molar-refractivity contribution in [1.29, 1.82) is 0 Å². The third-order valence-electron chi connectivity index (χ3n) is 5.43. The molecule has 0 aliphatic heterocycles. The molecule has 3 N–H and O–H groups in total. The van der Waals surface area contributed by atoms with Crippen LogP contribution in [0.4, 0.5) is 4.79 Å². The summed E-state index contributed by atoms with van der Waals surface area (Å²) in [5.41, 5.74) is 0.118. The number of carbonyl (C=O) groups excluding carboxylic acids is 1. The van der Waals surface area contributed by atoms with E-state index in [1.807, 2.05) is 11.8 Å². The van der Waals surface area contributed by atoms with Gasteiger partial charge in [0.2, 0.25) is 0 Å². The van der Waals surface area contributed by atoms with Crippen LogP contribution < -0.4 is 10.6 Å². The molecule has 1 fully saturated rings. The van der Waals surface area contributed by atoms with Gasteiger partial charge in [0.25, 0.3) is 0 Å². The fourth-order valence-electron chi connectivity index (χ4n) is 2.48. The Labute approximate surface area is 140 Å². The van der Waals surface area contributed by atoms with Crippen LogP contribution in [0.5, 0.6) is 0 Å². The fourth-order valence-corrected chi connectivity index (χ4v) is 2.48. The minimum absolute atomic E-state index is 0.00693. The number of nitrogens with zero attached hydrogens (tertiary/aromatic N) is 1. The lowest BCUT2D eigenvalue weighted by Crippen LogP contribution is -2.57. The number of carbonyl (C=O) groups is 2. The first kappa shape index (κ1) is 19.7. The van der Waals surface area contributed by atoms with E-state index in [-0.39, 0.29) is 35.5 Å². The molecule has 0 bridgehead atoms. The van der Waals surface area contributed by atoms with Crippen molar-refractivity contribution < 1.29 is 14.7 Å². The number of hydrogen-bond acceptors (Lipinski definition) is 3. The maximum atomic E-state index is 12.0. The van der Waals surface area contributed by atoms with Gasteiger partial charge in [-0.25, -0.2) is 4.79 Å². The Morgan fingerprint density at radius 1 is 1.17 bits per heavy atom. The van der Waals surface area contributed by atoms with E-state index in [0.29, 0.717) is 6.54 Å². The molecule has 0 radical (unpaired) electrons. The van der Waals surface area contributed by atoms with Gasteiger partial charge in [-0.05, 0) is 30.2 Å². The largest absolute Gasteiger partial charge is 0.480 e. The molecule has 1 saturated carbocycles. The standard InChI is InChI=1S/C17H33N3O3/c1-7-20(10-14(21)22)13-8-12(9-13)19-15(23)18-11-17(5,6)16(2,3)4/h12-13H,7-11H2,1-6H3,(H,21,22)(H2,18,19,23). The summed E-state index contributed by atoms with van der Waals surface area (Å²) in [6, 6.07) is 0.264. The van der Waals surface area contributed by atoms with Crippen molar-refractivity contribution in [3.05, 3.63) is 0 Å². The Hall–Kier alpha value is -1.30. The summed E-state index contributed by atoms with van der Waals surface area (Å²) >= 11 is 0. The second-order valence-corrected chi connectivity index (χ2v) is 8.24. The summed E-state index contributed by atoms with van der Waals surface area (Å²) < 4.78 is 0. The van der Waals surface area contributed by atoms with E-state index in [2.05, 4.69) is 45.3 Å². The zero-order chi connectivity index (χ0) is 17.8. The van der Waals surface area contributed by atoms with Gasteiger partial charge in [-0.15, -0.1) is 0 Å². The van der Waals surface area contributed by atoms with E-state index in [1.165, 1.54) is 0 Å². The molecule has 2 amide bonds. The summed E-state index contributed by atoms with van der Waals surface area (Å²) in [6.45, 7) is 14.2. The average Bonchev–Trinajstić information content (AvgIpc) is 2.36. The molecular weight excluding hydrogens is 294 g/mol. The van der Waals surface area contributed by atoms with Crippen LogP contribution in [-0.2, 0) is 4.79 Å². The molecule has 0 aromatic heterocycles. The molecule has 0 saturated heterocycles. The highest BCUT2D eigenvalue weighted by Gasteiger charge is 2.36. The van der Waals surface area contributed by atoms with E-state index in [1.54, 1.807) is 0 Å². The number of aliphatic carboxylic acids is 1. The SMILES string of the molecule is CCN(CC(=O)O)C1CC(NC(=O)NCC(C)(C)C(C)(C)C)C1. The Bertz CT molecular complexity index is 423. The predicted octanol–water partition coefficient (Wildman–Crippen LogP) is 2.30. The molecule has 1 aliphatic carbocycles. The molecule has 134 valence electrons. The molecule has 1 rings (SSSR count). The molecule has 0 unspecified atom stereocenters. The molecule has 0 heterocycles. The summed E-state index contributed by atoms with van der Waals surface area (Å²) in [6.07, 6.45) is 1.63. The Balaban J connectivity index is 2.32. The minimum Gasteiger partial charge on any atom is -0.480 e. The van der Waals surface area contributed by atoms with Gasteiger partial charge in [-0.1, -0.05) is 41.5 Å². The number of carboxylic acids is 1. The first-order valence-electron chi connectivity index (χ1n) is 8.46. The van der Waals surface area contributed by atoms with E-state index < -0.39 is 5.97 Å². The number of carboxylic acid groups (broad SMARTS) is 1. The monoisotopic (exact) mass is 327 g/mol. The Kier molecular flexibility index (Phi) is 6.45. The maximum absolute atomic E-state index is 12.0. The van der Waals surface area contributed by atoms with E-state index >= 15 is 0 Å². The van der Waals surface area contributed by atoms with Crippen molar-refractivity contribution in [2.75, 3.05) is 19.6 Å². The zero-order valence-electron chi connectivity index (χ0n) is 15.4. The number of rotatable bonds is 7. The molecule has 0 spiro atoms. The third kappa shape index (κ3) is 5.68. The number of hydrogen-bond donors (Lipinski definition) is 3. The zero-order valence-corrected chi connectivity index (χ0v) is 15.4. The number of amides is 2. The normalized spacial score (nSPS) is 21.7. The van der Waals surface area contributed by atoms with Crippen LogP contribution in [0.15, 0.2) is 0 Å². The van der Waals surface area contributed by atoms with Crippen LogP contribution in [0.3, 0.4) is 0 Å². The molecule has 23 heavy (non-hydrogen) atoms. The molecule has 1 aliphatic rings. The third-order valence-corrected chi connectivity index (χ3v) is 5.43. The number of likely N-dealkylation sites (N-methyl/N-ethyl adjacent to an activating group) is 1. The average molecular weight is 327 g/mol. The lowest BCUT2D eigenvalue weighted by Gasteiger charge is -2.42. The quantitative estimate of drug-likeness (QED) is 0.670. The second-order valence-electron chi connectivity index (χ2n) is 8.24. The van der Waals surface area contributed by atoms with Gasteiger partial charge < -0.3 is 15.7 Å². The Morgan fingerprint density at radius 3 is 2.17 bits per heavy atom. The van der Waals surface area contributed by atoms with Crippen molar-refractivity contribution in [3.63, 3.8) is 0 Å². The second kappa shape index (κ2) is 7.51. The summed E-state index contributed by atoms with van der Waals surface area (Å²) in [5, 5.41) is 14.8. The minimum atomic E-state index is -0.801. The van der Waals surface area contributed by atoms with Crippen molar-refractivity contribution in [3.8, 4) is 0 Å². The van der Waals surface area contributed by atoms with Gasteiger partial charge in [0.15, 0.2) is 0 Å². The lowest BCUT2D eigenvalue weighted by atomic mass is 9.69. The van der Waals surface area contributed by atoms with E-state index in [4.69, 9.17) is 5.11 Å². The van der Waals surface area contributed by atoms with Crippen molar-refractivity contribution in [2.45, 2.75) is 66.5 Å². The molecule has 0 aromatic carbocycles. The van der Waals surface area contributed by atoms with Gasteiger partial charge in [0, 0.05) is 18.6 Å². The van der Waals surface area contributed by atoms with Gasteiger partial charge in [0.05, 0.1) is 6.54 Å². The van der Waals surface area contributed by atoms with Gasteiger partial charge in [-0.3, -0.25) is 9.69 Å². The van der Waals surface area contributed by atoms with Gasteiger partial charge in [0.1, 0.15) is 0 Å². The maximum Gasteiger partial charge on any atom is 0.317 e. The van der Waals surface area contributed by atoms with Crippen LogP contribution in [0.1, 0.15) is 54.4 Å². The van der Waals surface area contributed by atoms with Crippen LogP contribution in [0.2, 0.25) is 0 Å². The highest BCUT2D eigenvalue weighted by Crippen LogP contribution is 2.37. The molecule has 6 nitrogen and oxygen atoms in total. The highest BCUT2D eigenvalue weighted by molar-refractivity contribution is 5.74. The van der Waals surface area contributed by atoms with Crippen molar-refractivity contribution in [2.24, 2.45) is 10.8 Å². The molecule has 0 aromatic rings. The van der Waals surface area contributed by atoms with Crippen LogP contribution in [-0.4, -0.2) is 53.7 Å². The van der Waals surface area contributed by atoms with Crippen molar-refractivity contribution >= 4 is 12.0 Å². The fraction of sp³-hybridized carbons (Fsp3) is 0.882. The Morgan fingerprint density at radius 2 is 1.74 bits per heavy atom. The number of nitrogens with one attached hydrogen (secondary N) is 2. The topological polar surface area (TPSA) is 81.7 Å². The summed E-state index contributed by atoms with van der Waals surface area (Å²) in [7, 11) is 0. The van der Waals surface area contributed by atoms with E-state index in [9.17, 15) is 9.59 Å². The van der Waals surface area contributed by atoms with E-state index in [0.717, 1.165) is 19.4 Å². The predicted molar refractivity (Wildman–Crippen MR) is 91.5 cm³/mol. The first-order valence-corrected chi connectivity index (χ1v) is 8.46. The van der Waals surface area contributed by atoms with Crippen LogP contribution >= 0.6 is 0 Å². The summed E-state index contributed by atoms with van der Waals surface area (Å²) in [5.74, 6) is -0.801. The van der Waals surface area contributed by atoms with Crippen molar-refractivity contribution in [1.82, 2.24) is 15.5 Å². The smallest absolute Gasteiger partial charge is 0.317 e. The lowest BCUT2D eigenvalue weighted by molar-refractivity contribution is -0.139. The van der Waals surface area contributed by atoms with Crippen LogP contribution in [0, 0.1) is 10.8 Å². The molecular formula is C17H33N3O3. The summed E-state index contributed by atoms with van der Waals surface area (Å²) in [4.78, 5) is 24.8. The van der Waals surface area contributed by atoms with Gasteiger partial charge >= 0.3 is 12.0 Å². The molecule has 0 atom stereocenters. The first-order chi connectivity index (χ1) is 10.5. The van der Waals surface area contributed by atoms with Crippen LogP contribution in [0.25, 0.3) is 0 Å².